The van der Waals surface area contributed by atoms with Crippen molar-refractivity contribution in [2.45, 2.75) is 19.9 Å². The molecule has 1 unspecified atom stereocenters. The molecule has 1 aromatic rings. The van der Waals surface area contributed by atoms with E-state index in [1.165, 1.54) is 0 Å². The number of amides is 2. The third-order valence-electron chi connectivity index (χ3n) is 2.48. The number of halogens is 3. The highest BCUT2D eigenvalue weighted by molar-refractivity contribution is 9.10. The fraction of sp³-hybridized carbons (Fsp3) is 0.333. The van der Waals surface area contributed by atoms with Crippen LogP contribution in [0.1, 0.15) is 13.8 Å². The number of carbonyl (C=O) groups is 2. The molecule has 0 aliphatic carbocycles. The molecule has 2 amide bonds. The first-order valence-corrected chi connectivity index (χ1v) is 6.46. The molecular formula is C12H13BrF2N2O3. The number of hydrogen-bond donors (Lipinski definition) is 3. The highest BCUT2D eigenvalue weighted by Crippen LogP contribution is 2.23. The van der Waals surface area contributed by atoms with Gasteiger partial charge in [-0.15, -0.1) is 0 Å². The van der Waals surface area contributed by atoms with Crippen molar-refractivity contribution in [3.63, 3.8) is 0 Å². The molecule has 0 aromatic heterocycles. The van der Waals surface area contributed by atoms with Gasteiger partial charge in [-0.3, -0.25) is 0 Å². The summed E-state index contributed by atoms with van der Waals surface area (Å²) in [5, 5.41) is 13.3. The molecule has 1 atom stereocenters. The lowest BCUT2D eigenvalue weighted by molar-refractivity contribution is -0.140. The first kappa shape index (κ1) is 16.4. The maximum absolute atomic E-state index is 13.4. The fourth-order valence-electron chi connectivity index (χ4n) is 1.43. The predicted octanol–water partition coefficient (Wildman–Crippen LogP) is 2.96. The van der Waals surface area contributed by atoms with E-state index in [1.54, 1.807) is 13.8 Å². The van der Waals surface area contributed by atoms with Crippen molar-refractivity contribution in [1.82, 2.24) is 5.32 Å². The lowest BCUT2D eigenvalue weighted by atomic mass is 10.1. The summed E-state index contributed by atoms with van der Waals surface area (Å²) >= 11 is 2.86. The van der Waals surface area contributed by atoms with Crippen LogP contribution in [0.25, 0.3) is 0 Å². The zero-order valence-electron chi connectivity index (χ0n) is 10.7. The number of aliphatic carboxylic acids is 1. The van der Waals surface area contributed by atoms with Gasteiger partial charge in [-0.25, -0.2) is 18.4 Å². The third-order valence-corrected chi connectivity index (χ3v) is 3.09. The quantitative estimate of drug-likeness (QED) is 0.730. The van der Waals surface area contributed by atoms with E-state index in [0.29, 0.717) is 6.07 Å². The van der Waals surface area contributed by atoms with Gasteiger partial charge in [0, 0.05) is 6.07 Å². The maximum atomic E-state index is 13.4. The van der Waals surface area contributed by atoms with Crippen molar-refractivity contribution in [2.75, 3.05) is 5.32 Å². The van der Waals surface area contributed by atoms with Crippen LogP contribution >= 0.6 is 15.9 Å². The van der Waals surface area contributed by atoms with E-state index in [-0.39, 0.29) is 16.1 Å². The standard InChI is InChI=1S/C12H13BrF2N2O3/c1-5(2)10(11(18)19)17-12(20)16-9-3-6(13)7(14)4-8(9)15/h3-5,10H,1-2H3,(H,18,19)(H2,16,17,20). The number of rotatable bonds is 4. The molecule has 110 valence electrons. The summed E-state index contributed by atoms with van der Waals surface area (Å²) in [4.78, 5) is 22.5. The average molecular weight is 351 g/mol. The number of urea groups is 1. The molecule has 0 spiro atoms. The van der Waals surface area contributed by atoms with Crippen LogP contribution in [0.15, 0.2) is 16.6 Å². The Morgan fingerprint density at radius 2 is 1.85 bits per heavy atom. The zero-order valence-corrected chi connectivity index (χ0v) is 12.3. The summed E-state index contributed by atoms with van der Waals surface area (Å²) in [6, 6.07) is -0.336. The fourth-order valence-corrected chi connectivity index (χ4v) is 1.77. The van der Waals surface area contributed by atoms with Gasteiger partial charge < -0.3 is 15.7 Å². The van der Waals surface area contributed by atoms with Crippen LogP contribution in [0.2, 0.25) is 0 Å². The molecule has 1 rings (SSSR count). The molecule has 0 saturated heterocycles. The molecule has 20 heavy (non-hydrogen) atoms. The van der Waals surface area contributed by atoms with E-state index in [0.717, 1.165) is 6.07 Å². The molecule has 0 radical (unpaired) electrons. The van der Waals surface area contributed by atoms with E-state index >= 15 is 0 Å². The minimum atomic E-state index is -1.20. The van der Waals surface area contributed by atoms with E-state index < -0.39 is 29.7 Å². The minimum Gasteiger partial charge on any atom is -0.480 e. The van der Waals surface area contributed by atoms with Crippen LogP contribution in [0, 0.1) is 17.6 Å². The molecule has 5 nitrogen and oxygen atoms in total. The molecule has 0 aliphatic heterocycles. The summed E-state index contributed by atoms with van der Waals surface area (Å²) in [7, 11) is 0. The van der Waals surface area contributed by atoms with E-state index in [1.807, 2.05) is 0 Å². The lowest BCUT2D eigenvalue weighted by Crippen LogP contribution is -2.46. The van der Waals surface area contributed by atoms with Crippen LogP contribution in [-0.4, -0.2) is 23.1 Å². The van der Waals surface area contributed by atoms with Crippen LogP contribution in [0.4, 0.5) is 19.3 Å². The first-order valence-electron chi connectivity index (χ1n) is 5.67. The molecule has 1 aromatic carbocycles. The molecule has 3 N–H and O–H groups in total. The van der Waals surface area contributed by atoms with Gasteiger partial charge in [0.25, 0.3) is 0 Å². The molecule has 8 heteroatoms. The number of anilines is 1. The van der Waals surface area contributed by atoms with E-state index in [9.17, 15) is 18.4 Å². The summed E-state index contributed by atoms with van der Waals surface area (Å²) in [5.41, 5.74) is -0.260. The molecule has 0 saturated carbocycles. The second-order valence-corrected chi connectivity index (χ2v) is 5.26. The number of hydrogen-bond acceptors (Lipinski definition) is 2. The van der Waals surface area contributed by atoms with Crippen molar-refractivity contribution in [3.05, 3.63) is 28.2 Å². The monoisotopic (exact) mass is 350 g/mol. The number of benzene rings is 1. The number of carboxylic acids is 1. The summed E-state index contributed by atoms with van der Waals surface area (Å²) < 4.78 is 26.4. The molecule has 0 heterocycles. The largest absolute Gasteiger partial charge is 0.480 e. The highest BCUT2D eigenvalue weighted by Gasteiger charge is 2.23. The number of carboxylic acid groups (broad SMARTS) is 1. The van der Waals surface area contributed by atoms with E-state index in [2.05, 4.69) is 26.6 Å². The normalized spacial score (nSPS) is 12.1. The van der Waals surface area contributed by atoms with Gasteiger partial charge in [-0.1, -0.05) is 13.8 Å². The smallest absolute Gasteiger partial charge is 0.326 e. The van der Waals surface area contributed by atoms with Crippen molar-refractivity contribution in [1.29, 1.82) is 0 Å². The highest BCUT2D eigenvalue weighted by atomic mass is 79.9. The minimum absolute atomic E-state index is 0.0205. The Balaban J connectivity index is 2.81. The Bertz CT molecular complexity index is 538. The molecule has 0 aliphatic rings. The summed E-state index contributed by atoms with van der Waals surface area (Å²) in [6.45, 7) is 3.24. The Labute approximate surface area is 122 Å². The first-order chi connectivity index (χ1) is 9.22. The van der Waals surface area contributed by atoms with E-state index in [4.69, 9.17) is 5.11 Å². The molecule has 0 bridgehead atoms. The van der Waals surface area contributed by atoms with Gasteiger partial charge in [0.1, 0.15) is 17.7 Å². The van der Waals surface area contributed by atoms with Crippen LogP contribution < -0.4 is 10.6 Å². The number of nitrogens with one attached hydrogen (secondary N) is 2. The van der Waals surface area contributed by atoms with Gasteiger partial charge >= 0.3 is 12.0 Å². The van der Waals surface area contributed by atoms with Gasteiger partial charge in [0.05, 0.1) is 10.2 Å². The van der Waals surface area contributed by atoms with Crippen LogP contribution in [0.3, 0.4) is 0 Å². The predicted molar refractivity (Wildman–Crippen MR) is 72.5 cm³/mol. The summed E-state index contributed by atoms with van der Waals surface area (Å²) in [5.74, 6) is -3.31. The summed E-state index contributed by atoms with van der Waals surface area (Å²) in [6.07, 6.45) is 0. The zero-order chi connectivity index (χ0) is 15.4. The van der Waals surface area contributed by atoms with Crippen molar-refractivity contribution < 1.29 is 23.5 Å². The lowest BCUT2D eigenvalue weighted by Gasteiger charge is -2.18. The topological polar surface area (TPSA) is 78.4 Å². The van der Waals surface area contributed by atoms with Gasteiger partial charge in [0.15, 0.2) is 0 Å². The van der Waals surface area contributed by atoms with Crippen molar-refractivity contribution in [3.8, 4) is 0 Å². The Morgan fingerprint density at radius 3 is 2.35 bits per heavy atom. The second kappa shape index (κ2) is 6.65. The SMILES string of the molecule is CC(C)C(NC(=O)Nc1cc(Br)c(F)cc1F)C(=O)O. The average Bonchev–Trinajstić information content (AvgIpc) is 2.32. The molecule has 0 fully saturated rings. The molecular weight excluding hydrogens is 338 g/mol. The van der Waals surface area contributed by atoms with Gasteiger partial charge in [-0.05, 0) is 27.9 Å². The Hall–Kier alpha value is -1.70. The van der Waals surface area contributed by atoms with Crippen LogP contribution in [0.5, 0.6) is 0 Å². The van der Waals surface area contributed by atoms with Crippen LogP contribution in [-0.2, 0) is 4.79 Å². The van der Waals surface area contributed by atoms with Gasteiger partial charge in [0.2, 0.25) is 0 Å². The van der Waals surface area contributed by atoms with Gasteiger partial charge in [-0.2, -0.15) is 0 Å². The second-order valence-electron chi connectivity index (χ2n) is 4.40. The maximum Gasteiger partial charge on any atom is 0.326 e. The third kappa shape index (κ3) is 4.16. The van der Waals surface area contributed by atoms with Crippen molar-refractivity contribution >= 4 is 33.6 Å². The Morgan fingerprint density at radius 1 is 1.25 bits per heavy atom. The Kier molecular flexibility index (Phi) is 5.43. The van der Waals surface area contributed by atoms with Crippen molar-refractivity contribution in [2.24, 2.45) is 5.92 Å². The number of carbonyl (C=O) groups excluding carboxylic acids is 1.